The first-order chi connectivity index (χ1) is 16.8. The molecule has 2 heterocycles. The van der Waals surface area contributed by atoms with Crippen LogP contribution in [-0.4, -0.2) is 16.1 Å². The topological polar surface area (TPSA) is 29.9 Å². The quantitative estimate of drug-likeness (QED) is 0.340. The third-order valence-electron chi connectivity index (χ3n) is 6.51. The Morgan fingerprint density at radius 3 is 2.66 bits per heavy atom. The van der Waals surface area contributed by atoms with Gasteiger partial charge in [-0.25, -0.2) is 0 Å². The molecule has 0 aliphatic heterocycles. The molecule has 1 atom stereocenters. The molecule has 0 bridgehead atoms. The molecular formula is C29H32F3N3. The molecule has 184 valence electrons. The molecule has 3 nitrogen and oxygen atoms in total. The number of aryl methyl sites for hydroxylation is 2. The second kappa shape index (κ2) is 11.0. The second-order valence-corrected chi connectivity index (χ2v) is 9.27. The number of aromatic nitrogens is 2. The Morgan fingerprint density at radius 1 is 1.09 bits per heavy atom. The Kier molecular flexibility index (Phi) is 7.79. The third-order valence-corrected chi connectivity index (χ3v) is 6.51. The fourth-order valence-corrected chi connectivity index (χ4v) is 4.51. The summed E-state index contributed by atoms with van der Waals surface area (Å²) in [7, 11) is 1.86. The van der Waals surface area contributed by atoms with Gasteiger partial charge in [-0.15, -0.1) is 0 Å². The molecule has 0 saturated carbocycles. The van der Waals surface area contributed by atoms with Gasteiger partial charge in [-0.2, -0.15) is 13.2 Å². The van der Waals surface area contributed by atoms with E-state index >= 15 is 0 Å². The Morgan fingerprint density at radius 2 is 1.89 bits per heavy atom. The number of hydrogen-bond donors (Lipinski definition) is 1. The zero-order valence-corrected chi connectivity index (χ0v) is 20.3. The van der Waals surface area contributed by atoms with Crippen LogP contribution in [0.5, 0.6) is 0 Å². The standard InChI is InChI=1S/C29H32F3N3/c1-21-7-6-9-27(34-15-5-3-4-8-22-12-16-33-17-13-22)24(11-10-21)25-20-28-23(14-18-35(28)2)19-26(25)29(30,31)32/h6-7,9,11-14,16-21,34H,3-5,8,10,15H2,1-2H3/b7-6-,24-11+,27-9+. The average Bonchev–Trinajstić information content (AvgIpc) is 3.19. The minimum atomic E-state index is -4.44. The van der Waals surface area contributed by atoms with E-state index in [1.54, 1.807) is 18.3 Å². The van der Waals surface area contributed by atoms with Gasteiger partial charge < -0.3 is 9.88 Å². The molecule has 1 aromatic carbocycles. The lowest BCUT2D eigenvalue weighted by atomic mass is 9.91. The number of nitrogens with zero attached hydrogens (tertiary/aromatic N) is 2. The van der Waals surface area contributed by atoms with Crippen LogP contribution in [0, 0.1) is 5.92 Å². The fraction of sp³-hybridized carbons (Fsp3) is 0.345. The van der Waals surface area contributed by atoms with Crippen molar-refractivity contribution in [3.05, 3.63) is 95.6 Å². The number of benzene rings is 1. The highest BCUT2D eigenvalue weighted by Crippen LogP contribution is 2.40. The van der Waals surface area contributed by atoms with Crippen LogP contribution in [0.2, 0.25) is 0 Å². The highest BCUT2D eigenvalue weighted by Gasteiger charge is 2.35. The van der Waals surface area contributed by atoms with Crippen molar-refractivity contribution in [1.82, 2.24) is 14.9 Å². The third kappa shape index (κ3) is 6.24. The number of hydrogen-bond acceptors (Lipinski definition) is 2. The van der Waals surface area contributed by atoms with E-state index in [0.29, 0.717) is 23.9 Å². The molecule has 3 aromatic rings. The maximum atomic E-state index is 14.2. The zero-order valence-electron chi connectivity index (χ0n) is 20.3. The number of pyridine rings is 1. The van der Waals surface area contributed by atoms with Gasteiger partial charge in [0.25, 0.3) is 0 Å². The van der Waals surface area contributed by atoms with Gasteiger partial charge in [0.2, 0.25) is 0 Å². The summed E-state index contributed by atoms with van der Waals surface area (Å²) < 4.78 is 44.4. The van der Waals surface area contributed by atoms with E-state index in [1.165, 1.54) is 11.6 Å². The van der Waals surface area contributed by atoms with Crippen LogP contribution in [0.1, 0.15) is 49.3 Å². The van der Waals surface area contributed by atoms with Crippen LogP contribution < -0.4 is 5.32 Å². The lowest BCUT2D eigenvalue weighted by Gasteiger charge is -2.21. The summed E-state index contributed by atoms with van der Waals surface area (Å²) in [6.07, 6.45) is 13.6. The summed E-state index contributed by atoms with van der Waals surface area (Å²) >= 11 is 0. The smallest absolute Gasteiger partial charge is 0.385 e. The molecule has 2 aromatic heterocycles. The average molecular weight is 480 g/mol. The Bertz CT molecular complexity index is 1230. The monoisotopic (exact) mass is 479 g/mol. The second-order valence-electron chi connectivity index (χ2n) is 9.27. The first kappa shape index (κ1) is 24.8. The van der Waals surface area contributed by atoms with Gasteiger partial charge >= 0.3 is 6.18 Å². The van der Waals surface area contributed by atoms with Crippen molar-refractivity contribution >= 4 is 16.5 Å². The number of fused-ring (bicyclic) bond motifs is 1. The molecule has 4 rings (SSSR count). The van der Waals surface area contributed by atoms with Crippen molar-refractivity contribution in [3.8, 4) is 0 Å². The maximum absolute atomic E-state index is 14.2. The van der Waals surface area contributed by atoms with E-state index in [1.807, 2.05) is 54.4 Å². The predicted molar refractivity (Wildman–Crippen MR) is 137 cm³/mol. The van der Waals surface area contributed by atoms with Gasteiger partial charge in [0.15, 0.2) is 0 Å². The molecule has 0 amide bonds. The largest absolute Gasteiger partial charge is 0.417 e. The molecule has 0 fully saturated rings. The van der Waals surface area contributed by atoms with Crippen LogP contribution in [0.4, 0.5) is 13.2 Å². The first-order valence-corrected chi connectivity index (χ1v) is 12.2. The minimum absolute atomic E-state index is 0.228. The van der Waals surface area contributed by atoms with Crippen LogP contribution in [0.15, 0.2) is 78.9 Å². The van der Waals surface area contributed by atoms with Gasteiger partial charge in [-0.3, -0.25) is 4.98 Å². The number of alkyl halides is 3. The molecule has 0 saturated heterocycles. The molecule has 1 N–H and O–H groups in total. The van der Waals surface area contributed by atoms with E-state index in [-0.39, 0.29) is 11.5 Å². The van der Waals surface area contributed by atoms with Crippen molar-refractivity contribution < 1.29 is 13.2 Å². The van der Waals surface area contributed by atoms with Gasteiger partial charge in [0, 0.05) is 54.4 Å². The molecule has 35 heavy (non-hydrogen) atoms. The number of halogens is 3. The summed E-state index contributed by atoms with van der Waals surface area (Å²) in [5.41, 5.74) is 3.05. The predicted octanol–water partition coefficient (Wildman–Crippen LogP) is 7.46. The van der Waals surface area contributed by atoms with Crippen LogP contribution in [0.3, 0.4) is 0 Å². The summed E-state index contributed by atoms with van der Waals surface area (Å²) in [4.78, 5) is 4.05. The zero-order chi connectivity index (χ0) is 24.8. The van der Waals surface area contributed by atoms with E-state index < -0.39 is 11.7 Å². The van der Waals surface area contributed by atoms with E-state index in [4.69, 9.17) is 0 Å². The summed E-state index contributed by atoms with van der Waals surface area (Å²) in [6, 6.07) is 8.75. The van der Waals surface area contributed by atoms with Crippen molar-refractivity contribution in [2.45, 2.75) is 45.2 Å². The van der Waals surface area contributed by atoms with Gasteiger partial charge in [-0.1, -0.05) is 31.6 Å². The lowest BCUT2D eigenvalue weighted by Crippen LogP contribution is -2.19. The van der Waals surface area contributed by atoms with Crippen molar-refractivity contribution in [3.63, 3.8) is 0 Å². The molecule has 1 aliphatic carbocycles. The van der Waals surface area contributed by atoms with E-state index in [0.717, 1.165) is 36.9 Å². The Balaban J connectivity index is 1.55. The number of nitrogens with one attached hydrogen (secondary N) is 1. The van der Waals surface area contributed by atoms with Crippen molar-refractivity contribution in [2.24, 2.45) is 13.0 Å². The minimum Gasteiger partial charge on any atom is -0.385 e. The first-order valence-electron chi connectivity index (χ1n) is 12.2. The highest BCUT2D eigenvalue weighted by molar-refractivity contribution is 5.90. The fourth-order valence-electron chi connectivity index (χ4n) is 4.51. The summed E-state index contributed by atoms with van der Waals surface area (Å²) in [5, 5.41) is 4.04. The molecule has 6 heteroatoms. The number of unbranched alkanes of at least 4 members (excludes halogenated alkanes) is 2. The van der Waals surface area contributed by atoms with Crippen LogP contribution >= 0.6 is 0 Å². The SMILES string of the molecule is CC1\C=C/C=C(NCCCCCc2ccncc2)\C(c2cc3c(ccn3C)cc2C(F)(F)F)=C\C1. The summed E-state index contributed by atoms with van der Waals surface area (Å²) in [6.45, 7) is 2.78. The highest BCUT2D eigenvalue weighted by atomic mass is 19.4. The van der Waals surface area contributed by atoms with Gasteiger partial charge in [0.1, 0.15) is 0 Å². The van der Waals surface area contributed by atoms with E-state index in [9.17, 15) is 13.2 Å². The lowest BCUT2D eigenvalue weighted by molar-refractivity contribution is -0.137. The van der Waals surface area contributed by atoms with Crippen molar-refractivity contribution in [1.29, 1.82) is 0 Å². The Labute approximate surface area is 205 Å². The Hall–Kier alpha value is -3.28. The number of rotatable bonds is 8. The normalized spacial score (nSPS) is 20.4. The van der Waals surface area contributed by atoms with Crippen LogP contribution in [-0.2, 0) is 19.6 Å². The number of allylic oxidation sites excluding steroid dienone is 5. The molecule has 0 radical (unpaired) electrons. The van der Waals surface area contributed by atoms with Gasteiger partial charge in [-0.05, 0) is 79.1 Å². The molecule has 1 aliphatic rings. The van der Waals surface area contributed by atoms with Crippen molar-refractivity contribution in [2.75, 3.05) is 6.54 Å². The maximum Gasteiger partial charge on any atom is 0.417 e. The molecule has 1 unspecified atom stereocenters. The van der Waals surface area contributed by atoms with E-state index in [2.05, 4.69) is 23.3 Å². The van der Waals surface area contributed by atoms with Crippen LogP contribution in [0.25, 0.3) is 16.5 Å². The molecular weight excluding hydrogens is 447 g/mol. The molecule has 0 spiro atoms. The van der Waals surface area contributed by atoms with Gasteiger partial charge in [0.05, 0.1) is 5.56 Å². The summed E-state index contributed by atoms with van der Waals surface area (Å²) in [5.74, 6) is 0.254.